The van der Waals surface area contributed by atoms with Crippen molar-refractivity contribution in [2.75, 3.05) is 0 Å². The van der Waals surface area contributed by atoms with Crippen LogP contribution in [0.3, 0.4) is 0 Å². The maximum Gasteiger partial charge on any atom is 0.166 e. The van der Waals surface area contributed by atoms with Crippen LogP contribution in [-0.4, -0.2) is 15.3 Å². The molecule has 2 aromatic rings. The molecule has 1 aromatic heterocycles. The first kappa shape index (κ1) is 12.1. The molecule has 0 aliphatic heterocycles. The van der Waals surface area contributed by atoms with Crippen LogP contribution in [0.4, 0.5) is 0 Å². The second-order valence-corrected chi connectivity index (χ2v) is 6.31. The van der Waals surface area contributed by atoms with E-state index in [0.717, 1.165) is 29.7 Å². The van der Waals surface area contributed by atoms with E-state index in [4.69, 9.17) is 0 Å². The fourth-order valence-corrected chi connectivity index (χ4v) is 3.59. The average Bonchev–Trinajstić information content (AvgIpc) is 3.02. The van der Waals surface area contributed by atoms with Crippen molar-refractivity contribution < 1.29 is 4.79 Å². The van der Waals surface area contributed by atoms with E-state index in [2.05, 4.69) is 22.5 Å². The molecule has 2 aliphatic rings. The van der Waals surface area contributed by atoms with Crippen LogP contribution in [-0.2, 0) is 0 Å². The number of ketones is 1. The summed E-state index contributed by atoms with van der Waals surface area (Å²) in [4.78, 5) is 17.1. The van der Waals surface area contributed by atoms with Crippen molar-refractivity contribution >= 4 is 16.8 Å². The van der Waals surface area contributed by atoms with E-state index >= 15 is 0 Å². The molecule has 4 rings (SSSR count). The fourth-order valence-electron chi connectivity index (χ4n) is 3.59. The Bertz CT molecular complexity index is 676. The molecule has 0 amide bonds. The van der Waals surface area contributed by atoms with E-state index in [1.54, 1.807) is 0 Å². The van der Waals surface area contributed by atoms with Crippen LogP contribution in [0.25, 0.3) is 11.0 Å². The number of carbonyl (C=O) groups is 1. The summed E-state index contributed by atoms with van der Waals surface area (Å²) in [5, 5.41) is 0. The van der Waals surface area contributed by atoms with Gasteiger partial charge in [-0.1, -0.05) is 12.8 Å². The second kappa shape index (κ2) is 4.44. The van der Waals surface area contributed by atoms with Gasteiger partial charge in [0.1, 0.15) is 5.82 Å². The van der Waals surface area contributed by atoms with Crippen molar-refractivity contribution in [2.24, 2.45) is 5.92 Å². The minimum Gasteiger partial charge on any atom is -0.325 e. The van der Waals surface area contributed by atoms with Crippen molar-refractivity contribution in [3.05, 3.63) is 29.6 Å². The van der Waals surface area contributed by atoms with E-state index in [9.17, 15) is 4.79 Å². The first-order chi connectivity index (χ1) is 9.74. The Morgan fingerprint density at radius 1 is 1.20 bits per heavy atom. The number of aromatic nitrogens is 2. The topological polar surface area (TPSA) is 34.9 Å². The Labute approximate surface area is 119 Å². The lowest BCUT2D eigenvalue weighted by Crippen LogP contribution is -2.10. The van der Waals surface area contributed by atoms with E-state index in [0.29, 0.717) is 11.8 Å². The highest BCUT2D eigenvalue weighted by atomic mass is 16.1. The molecule has 0 unspecified atom stereocenters. The van der Waals surface area contributed by atoms with Gasteiger partial charge in [-0.2, -0.15) is 0 Å². The summed E-state index contributed by atoms with van der Waals surface area (Å²) in [6, 6.07) is 6.73. The number of Topliss-reactive ketones (excluding diaryl/α,β-unsaturated/α-hetero) is 1. The van der Waals surface area contributed by atoms with Gasteiger partial charge in [0.25, 0.3) is 0 Å². The van der Waals surface area contributed by atoms with Crippen LogP contribution in [0.15, 0.2) is 18.2 Å². The molecule has 0 atom stereocenters. The van der Waals surface area contributed by atoms with Crippen molar-refractivity contribution in [3.63, 3.8) is 0 Å². The molecule has 0 saturated heterocycles. The minimum atomic E-state index is 0.249. The lowest BCUT2D eigenvalue weighted by Gasteiger charge is -2.08. The van der Waals surface area contributed by atoms with Gasteiger partial charge >= 0.3 is 0 Å². The maximum absolute atomic E-state index is 12.5. The third kappa shape index (κ3) is 1.88. The van der Waals surface area contributed by atoms with Gasteiger partial charge in [0.2, 0.25) is 0 Å². The van der Waals surface area contributed by atoms with Gasteiger partial charge < -0.3 is 4.57 Å². The monoisotopic (exact) mass is 268 g/mol. The number of rotatable bonds is 3. The Morgan fingerprint density at radius 3 is 2.65 bits per heavy atom. The van der Waals surface area contributed by atoms with Crippen molar-refractivity contribution in [1.82, 2.24) is 9.55 Å². The Kier molecular flexibility index (Phi) is 2.69. The molecule has 3 heteroatoms. The summed E-state index contributed by atoms with van der Waals surface area (Å²) < 4.78 is 2.33. The van der Waals surface area contributed by atoms with Crippen LogP contribution in [0.1, 0.15) is 60.7 Å². The number of hydrogen-bond acceptors (Lipinski definition) is 2. The van der Waals surface area contributed by atoms with Crippen molar-refractivity contribution in [1.29, 1.82) is 0 Å². The third-order valence-corrected chi connectivity index (χ3v) is 4.79. The van der Waals surface area contributed by atoms with Crippen LogP contribution >= 0.6 is 0 Å². The number of hydrogen-bond donors (Lipinski definition) is 0. The summed E-state index contributed by atoms with van der Waals surface area (Å²) in [6.07, 6.45) is 7.05. The Balaban J connectivity index is 1.73. The molecule has 1 heterocycles. The molecule has 104 valence electrons. The number of nitrogens with zero attached hydrogens (tertiary/aromatic N) is 2. The predicted molar refractivity (Wildman–Crippen MR) is 79.0 cm³/mol. The Morgan fingerprint density at radius 2 is 1.95 bits per heavy atom. The van der Waals surface area contributed by atoms with Gasteiger partial charge in [-0.05, 0) is 50.8 Å². The molecule has 3 nitrogen and oxygen atoms in total. The molecule has 0 radical (unpaired) electrons. The van der Waals surface area contributed by atoms with Crippen molar-refractivity contribution in [2.45, 2.75) is 51.5 Å². The second-order valence-electron chi connectivity index (χ2n) is 6.31. The summed E-state index contributed by atoms with van der Waals surface area (Å²) in [6.45, 7) is 2.07. The molecule has 2 aliphatic carbocycles. The molecular formula is C17H20N2O. The zero-order chi connectivity index (χ0) is 13.7. The molecule has 20 heavy (non-hydrogen) atoms. The summed E-state index contributed by atoms with van der Waals surface area (Å²) in [5.74, 6) is 1.65. The van der Waals surface area contributed by atoms with E-state index in [-0.39, 0.29) is 5.92 Å². The van der Waals surface area contributed by atoms with Gasteiger partial charge in [0, 0.05) is 17.5 Å². The van der Waals surface area contributed by atoms with Crippen LogP contribution < -0.4 is 0 Å². The lowest BCUT2D eigenvalue weighted by molar-refractivity contribution is 0.0923. The molecule has 0 spiro atoms. The van der Waals surface area contributed by atoms with Crippen LogP contribution in [0.5, 0.6) is 0 Å². The molecule has 1 aromatic carbocycles. The lowest BCUT2D eigenvalue weighted by atomic mass is 9.96. The van der Waals surface area contributed by atoms with Crippen molar-refractivity contribution in [3.8, 4) is 0 Å². The molecule has 2 saturated carbocycles. The zero-order valence-electron chi connectivity index (χ0n) is 11.9. The van der Waals surface area contributed by atoms with E-state index in [1.807, 2.05) is 12.1 Å². The molecule has 0 N–H and O–H groups in total. The smallest absolute Gasteiger partial charge is 0.166 e. The summed E-state index contributed by atoms with van der Waals surface area (Å²) in [7, 11) is 0. The molecular weight excluding hydrogens is 248 g/mol. The largest absolute Gasteiger partial charge is 0.325 e. The minimum absolute atomic E-state index is 0.249. The first-order valence-corrected chi connectivity index (χ1v) is 7.77. The van der Waals surface area contributed by atoms with Gasteiger partial charge in [-0.15, -0.1) is 0 Å². The molecule has 0 bridgehead atoms. The van der Waals surface area contributed by atoms with Gasteiger partial charge in [-0.25, -0.2) is 4.98 Å². The first-order valence-electron chi connectivity index (χ1n) is 7.77. The van der Waals surface area contributed by atoms with Crippen LogP contribution in [0, 0.1) is 12.8 Å². The number of carbonyl (C=O) groups excluding carboxylic acids is 1. The summed E-state index contributed by atoms with van der Waals surface area (Å²) >= 11 is 0. The summed E-state index contributed by atoms with van der Waals surface area (Å²) in [5.41, 5.74) is 3.02. The van der Waals surface area contributed by atoms with E-state index < -0.39 is 0 Å². The highest BCUT2D eigenvalue weighted by Crippen LogP contribution is 2.38. The third-order valence-electron chi connectivity index (χ3n) is 4.79. The number of fused-ring (bicyclic) bond motifs is 1. The standard InChI is InChI=1S/C17H20N2O/c1-11-18-15-10-13(17(20)12-4-2-3-5-12)6-9-16(15)19(11)14-7-8-14/h6,9-10,12,14H,2-5,7-8H2,1H3. The van der Waals surface area contributed by atoms with E-state index in [1.165, 1.54) is 31.2 Å². The number of aryl methyl sites for hydroxylation is 1. The highest BCUT2D eigenvalue weighted by Gasteiger charge is 2.28. The fraction of sp³-hybridized carbons (Fsp3) is 0.529. The SMILES string of the molecule is Cc1nc2cc(C(=O)C3CCCC3)ccc2n1C1CC1. The highest BCUT2D eigenvalue weighted by molar-refractivity contribution is 6.00. The van der Waals surface area contributed by atoms with Gasteiger partial charge in [0.05, 0.1) is 11.0 Å². The van der Waals surface area contributed by atoms with Crippen LogP contribution in [0.2, 0.25) is 0 Å². The zero-order valence-corrected chi connectivity index (χ0v) is 11.9. The Hall–Kier alpha value is -1.64. The number of benzene rings is 1. The van der Waals surface area contributed by atoms with Gasteiger partial charge in [-0.3, -0.25) is 4.79 Å². The quantitative estimate of drug-likeness (QED) is 0.787. The molecule has 2 fully saturated rings. The normalized spacial score (nSPS) is 19.9. The average molecular weight is 268 g/mol. The number of imidazole rings is 1. The predicted octanol–water partition coefficient (Wildman–Crippen LogP) is 4.05. The van der Waals surface area contributed by atoms with Gasteiger partial charge in [0.15, 0.2) is 5.78 Å². The maximum atomic E-state index is 12.5.